The first-order valence-electron chi connectivity index (χ1n) is 11.9. The third kappa shape index (κ3) is 4.44. The summed E-state index contributed by atoms with van der Waals surface area (Å²) in [5.74, 6) is -1.22. The summed E-state index contributed by atoms with van der Waals surface area (Å²) in [6.07, 6.45) is 10.5. The van der Waals surface area contributed by atoms with Gasteiger partial charge in [0.05, 0.1) is 23.9 Å². The number of nitrogens with zero attached hydrogens (tertiary/aromatic N) is 2. The van der Waals surface area contributed by atoms with E-state index in [0.717, 1.165) is 55.2 Å². The van der Waals surface area contributed by atoms with Gasteiger partial charge in [-0.05, 0) is 43.7 Å². The van der Waals surface area contributed by atoms with Crippen molar-refractivity contribution in [3.8, 4) is 12.1 Å². The molecule has 0 aromatic heterocycles. The summed E-state index contributed by atoms with van der Waals surface area (Å²) in [5.41, 5.74) is 7.98. The highest BCUT2D eigenvalue weighted by molar-refractivity contribution is 5.88. The molecular weight excluding hydrogens is 398 g/mol. The van der Waals surface area contributed by atoms with Crippen LogP contribution in [-0.2, 0) is 9.53 Å². The van der Waals surface area contributed by atoms with Crippen molar-refractivity contribution in [3.05, 3.63) is 58.3 Å². The summed E-state index contributed by atoms with van der Waals surface area (Å²) in [5, 5.41) is 20.6. The minimum atomic E-state index is -1.74. The zero-order valence-electron chi connectivity index (χ0n) is 19.0. The number of hydrogen-bond donors (Lipinski definition) is 1. The van der Waals surface area contributed by atoms with Gasteiger partial charge in [0.1, 0.15) is 6.07 Å². The van der Waals surface area contributed by atoms with E-state index in [9.17, 15) is 15.3 Å². The van der Waals surface area contributed by atoms with Gasteiger partial charge < -0.3 is 10.5 Å². The van der Waals surface area contributed by atoms with Crippen molar-refractivity contribution in [1.82, 2.24) is 0 Å². The number of nitriles is 2. The summed E-state index contributed by atoms with van der Waals surface area (Å²) in [7, 11) is 0. The molecule has 5 heteroatoms. The Morgan fingerprint density at radius 2 is 1.62 bits per heavy atom. The number of allylic oxidation sites excluding steroid dienone is 3. The van der Waals surface area contributed by atoms with Crippen LogP contribution in [0.15, 0.2) is 52.7 Å². The maximum absolute atomic E-state index is 13.4. The van der Waals surface area contributed by atoms with E-state index in [1.807, 2.05) is 30.3 Å². The van der Waals surface area contributed by atoms with Crippen LogP contribution in [0.1, 0.15) is 82.6 Å². The number of rotatable bonds is 3. The smallest absolute Gasteiger partial charge is 0.333 e. The number of hydrogen-bond acceptors (Lipinski definition) is 5. The van der Waals surface area contributed by atoms with Gasteiger partial charge in [-0.1, -0.05) is 74.4 Å². The van der Waals surface area contributed by atoms with E-state index in [4.69, 9.17) is 10.5 Å². The Labute approximate surface area is 191 Å². The molecule has 0 aliphatic heterocycles. The molecular formula is C27H33N3O2. The highest BCUT2D eigenvalue weighted by Gasteiger charge is 2.56. The van der Waals surface area contributed by atoms with Gasteiger partial charge in [0.2, 0.25) is 5.41 Å². The molecule has 1 aromatic rings. The Kier molecular flexibility index (Phi) is 8.12. The first-order chi connectivity index (χ1) is 15.6. The van der Waals surface area contributed by atoms with Gasteiger partial charge in [0.15, 0.2) is 0 Å². The first-order valence-corrected chi connectivity index (χ1v) is 11.9. The third-order valence-electron chi connectivity index (χ3n) is 6.81. The molecule has 32 heavy (non-hydrogen) atoms. The molecule has 5 nitrogen and oxygen atoms in total. The lowest BCUT2D eigenvalue weighted by atomic mass is 9.60. The lowest BCUT2D eigenvalue weighted by Crippen LogP contribution is -2.46. The van der Waals surface area contributed by atoms with Gasteiger partial charge in [-0.15, -0.1) is 0 Å². The highest BCUT2D eigenvalue weighted by atomic mass is 16.5. The van der Waals surface area contributed by atoms with Crippen LogP contribution in [0.4, 0.5) is 0 Å². The van der Waals surface area contributed by atoms with Crippen LogP contribution in [0.5, 0.6) is 0 Å². The first kappa shape index (κ1) is 23.6. The molecule has 2 N–H and O–H groups in total. The minimum absolute atomic E-state index is 0.0423. The minimum Gasteiger partial charge on any atom is -0.464 e. The Balaban J connectivity index is 2.26. The monoisotopic (exact) mass is 431 g/mol. The second-order valence-electron chi connectivity index (χ2n) is 8.72. The summed E-state index contributed by atoms with van der Waals surface area (Å²) in [6.45, 7) is 1.86. The average molecular weight is 432 g/mol. The average Bonchev–Trinajstić information content (AvgIpc) is 2.80. The van der Waals surface area contributed by atoms with E-state index in [2.05, 4.69) is 12.1 Å². The summed E-state index contributed by atoms with van der Waals surface area (Å²) in [4.78, 5) is 13.4. The Bertz CT molecular complexity index is 965. The molecule has 0 saturated carbocycles. The number of ether oxygens (including phenoxy) is 1. The predicted molar refractivity (Wildman–Crippen MR) is 124 cm³/mol. The van der Waals surface area contributed by atoms with Gasteiger partial charge in [0, 0.05) is 5.92 Å². The zero-order chi connectivity index (χ0) is 23.0. The van der Waals surface area contributed by atoms with E-state index in [0.29, 0.717) is 5.57 Å². The van der Waals surface area contributed by atoms with Crippen LogP contribution in [0.2, 0.25) is 0 Å². The van der Waals surface area contributed by atoms with Crippen molar-refractivity contribution >= 4 is 5.97 Å². The molecule has 0 bridgehead atoms. The van der Waals surface area contributed by atoms with Crippen LogP contribution < -0.4 is 5.73 Å². The van der Waals surface area contributed by atoms with Crippen molar-refractivity contribution in [2.75, 3.05) is 6.61 Å². The van der Waals surface area contributed by atoms with Crippen LogP contribution in [0.3, 0.4) is 0 Å². The van der Waals surface area contributed by atoms with E-state index in [1.165, 1.54) is 25.7 Å². The zero-order valence-corrected chi connectivity index (χ0v) is 19.0. The molecule has 0 saturated heterocycles. The lowest BCUT2D eigenvalue weighted by Gasteiger charge is -2.40. The van der Waals surface area contributed by atoms with Gasteiger partial charge >= 0.3 is 5.97 Å². The lowest BCUT2D eigenvalue weighted by molar-refractivity contribution is -0.151. The topological polar surface area (TPSA) is 99.9 Å². The molecule has 0 amide bonds. The predicted octanol–water partition coefficient (Wildman–Crippen LogP) is 5.80. The van der Waals surface area contributed by atoms with Crippen molar-refractivity contribution in [1.29, 1.82) is 10.5 Å². The van der Waals surface area contributed by atoms with Crippen LogP contribution in [0, 0.1) is 28.1 Å². The molecule has 3 rings (SSSR count). The van der Waals surface area contributed by atoms with Gasteiger partial charge in [0.25, 0.3) is 0 Å². The van der Waals surface area contributed by atoms with Crippen molar-refractivity contribution in [3.63, 3.8) is 0 Å². The summed E-state index contributed by atoms with van der Waals surface area (Å²) < 4.78 is 5.40. The number of carbonyl (C=O) groups is 1. The van der Waals surface area contributed by atoms with E-state index >= 15 is 0 Å². The molecule has 0 heterocycles. The van der Waals surface area contributed by atoms with Crippen molar-refractivity contribution in [2.24, 2.45) is 11.1 Å². The van der Waals surface area contributed by atoms with Crippen molar-refractivity contribution in [2.45, 2.75) is 77.0 Å². The molecule has 0 radical (unpaired) electrons. The summed E-state index contributed by atoms with van der Waals surface area (Å²) in [6, 6.07) is 14.1. The molecule has 2 atom stereocenters. The van der Waals surface area contributed by atoms with Gasteiger partial charge in [-0.3, -0.25) is 0 Å². The second kappa shape index (κ2) is 11.0. The van der Waals surface area contributed by atoms with Gasteiger partial charge in [-0.25, -0.2) is 4.79 Å². The Morgan fingerprint density at radius 3 is 2.19 bits per heavy atom. The standard InChI is InChI=1S/C27H33N3O2/c1-2-32-26(31)27(19-29)24(20-14-10-9-11-15-20)22-17-13-8-6-4-3-5-7-12-16-21(22)23(18-28)25(27)30/h9-11,14-15,24H,2-8,12-13,16-17,30H2,1H3/t24-,27+/m0/s1. The quantitative estimate of drug-likeness (QED) is 0.609. The maximum Gasteiger partial charge on any atom is 0.333 e. The highest BCUT2D eigenvalue weighted by Crippen LogP contribution is 2.54. The second-order valence-corrected chi connectivity index (χ2v) is 8.72. The Morgan fingerprint density at radius 1 is 1.03 bits per heavy atom. The molecule has 168 valence electrons. The normalized spacial score (nSPS) is 24.9. The van der Waals surface area contributed by atoms with Crippen molar-refractivity contribution < 1.29 is 9.53 Å². The number of benzene rings is 1. The largest absolute Gasteiger partial charge is 0.464 e. The SMILES string of the molecule is CCOC(=O)[C@@]1(C#N)C(N)=C(C#N)C2=C(CCCCCCCCCC2)[C@@H]1c1ccccc1. The summed E-state index contributed by atoms with van der Waals surface area (Å²) >= 11 is 0. The molecule has 0 spiro atoms. The number of esters is 1. The van der Waals surface area contributed by atoms with Gasteiger partial charge in [-0.2, -0.15) is 10.5 Å². The molecule has 2 aliphatic carbocycles. The molecule has 1 aromatic carbocycles. The maximum atomic E-state index is 13.4. The fourth-order valence-electron chi connectivity index (χ4n) is 5.24. The molecule has 0 fully saturated rings. The van der Waals surface area contributed by atoms with E-state index in [1.54, 1.807) is 6.92 Å². The fourth-order valence-corrected chi connectivity index (χ4v) is 5.24. The molecule has 2 aliphatic rings. The molecule has 0 unspecified atom stereocenters. The van der Waals surface area contributed by atoms with E-state index in [-0.39, 0.29) is 12.3 Å². The number of nitrogens with two attached hydrogens (primary N) is 1. The van der Waals surface area contributed by atoms with E-state index < -0.39 is 17.3 Å². The number of carbonyl (C=O) groups excluding carboxylic acids is 1. The van der Waals surface area contributed by atoms with Crippen LogP contribution in [0.25, 0.3) is 0 Å². The van der Waals surface area contributed by atoms with Crippen LogP contribution >= 0.6 is 0 Å². The third-order valence-corrected chi connectivity index (χ3v) is 6.81. The fraction of sp³-hybridized carbons (Fsp3) is 0.519. The van der Waals surface area contributed by atoms with Crippen LogP contribution in [-0.4, -0.2) is 12.6 Å². The Hall–Kier alpha value is -3.05.